The molecule has 3 atom stereocenters. The van der Waals surface area contributed by atoms with Crippen LogP contribution < -0.4 is 16.0 Å². The van der Waals surface area contributed by atoms with Gasteiger partial charge < -0.3 is 30.2 Å². The topological polar surface area (TPSA) is 160 Å². The van der Waals surface area contributed by atoms with E-state index in [1.165, 1.54) is 0 Å². The summed E-state index contributed by atoms with van der Waals surface area (Å²) in [5.74, 6) is 0. The van der Waals surface area contributed by atoms with E-state index < -0.39 is 44.2 Å². The molecule has 0 radical (unpaired) electrons. The summed E-state index contributed by atoms with van der Waals surface area (Å²) in [6, 6.07) is 24.7. The molecule has 3 rings (SSSR count). The Hall–Kier alpha value is -4.42. The van der Waals surface area contributed by atoms with Crippen LogP contribution in [0.1, 0.15) is 133 Å². The van der Waals surface area contributed by atoms with Gasteiger partial charge in [0.1, 0.15) is 0 Å². The highest BCUT2D eigenvalue weighted by Gasteiger charge is 2.33. The maximum absolute atomic E-state index is 14.8. The number of ether oxygens (including phenoxy) is 3. The second-order valence-corrected chi connectivity index (χ2v) is 15.9. The molecule has 0 aliphatic heterocycles. The smallest absolute Gasteiger partial charge is 0.450 e. The van der Waals surface area contributed by atoms with Crippen LogP contribution in [0.5, 0.6) is 0 Å². The first-order valence-electron chi connectivity index (χ1n) is 21.2. The molecule has 0 bridgehead atoms. The van der Waals surface area contributed by atoms with Crippen molar-refractivity contribution in [3.05, 3.63) is 108 Å². The minimum absolute atomic E-state index is 0.253. The first-order chi connectivity index (χ1) is 28.8. The van der Waals surface area contributed by atoms with Gasteiger partial charge in [0.05, 0.1) is 57.8 Å². The Bertz CT molecular complexity index is 1430. The molecule has 3 amide bonds. The Morgan fingerprint density at radius 2 is 0.712 bits per heavy atom. The summed E-state index contributed by atoms with van der Waals surface area (Å²) in [5.41, 5.74) is 1.99. The lowest BCUT2D eigenvalue weighted by atomic mass is 10.1. The number of unbranched alkanes of at least 4 members (excludes halogenated alkanes) is 9. The van der Waals surface area contributed by atoms with Crippen molar-refractivity contribution in [2.75, 3.05) is 39.6 Å². The van der Waals surface area contributed by atoms with Crippen molar-refractivity contribution < 1.29 is 46.7 Å². The van der Waals surface area contributed by atoms with Crippen molar-refractivity contribution in [3.63, 3.8) is 0 Å². The maximum Gasteiger partial charge on any atom is 0.475 e. The number of phosphoric ester groups is 1. The number of benzene rings is 3. The summed E-state index contributed by atoms with van der Waals surface area (Å²) in [5, 5.41) is 8.49. The highest BCUT2D eigenvalue weighted by Crippen LogP contribution is 2.51. The molecule has 0 saturated carbocycles. The third kappa shape index (κ3) is 20.9. The van der Waals surface area contributed by atoms with Gasteiger partial charge in [0.2, 0.25) is 0 Å². The molecule has 0 aromatic heterocycles. The van der Waals surface area contributed by atoms with Crippen LogP contribution in [-0.2, 0) is 32.3 Å². The standard InChI is InChI=1S/C45H66N3O10P/c1-4-7-10-22-31-53-43(49)46-40(37-25-16-13-17-26-37)34-56-59(52,57-35-41(38-27-18-14-19-28-38)47-44(50)54-32-23-11-8-5-2)58-36-42(39-29-20-15-21-30-39)48-45(51)55-33-24-12-9-6-3/h13-21,25-30,40-42H,4-12,22-24,31-36H2,1-3H3,(H,46,49)(H,47,50)(H,48,51)/t40-,41-,42-/m0/s1. The van der Waals surface area contributed by atoms with Gasteiger partial charge in [-0.1, -0.05) is 170 Å². The molecule has 0 aliphatic carbocycles. The second kappa shape index (κ2) is 29.7. The molecule has 3 aromatic carbocycles. The van der Waals surface area contributed by atoms with Crippen molar-refractivity contribution in [3.8, 4) is 0 Å². The van der Waals surface area contributed by atoms with Crippen LogP contribution in [0.2, 0.25) is 0 Å². The molecule has 0 aliphatic rings. The monoisotopic (exact) mass is 839 g/mol. The Balaban J connectivity index is 1.85. The average molecular weight is 840 g/mol. The predicted molar refractivity (Wildman–Crippen MR) is 229 cm³/mol. The maximum atomic E-state index is 14.8. The van der Waals surface area contributed by atoms with Crippen LogP contribution in [0.3, 0.4) is 0 Å². The molecule has 13 nitrogen and oxygen atoms in total. The average Bonchev–Trinajstić information content (AvgIpc) is 3.26. The number of carbonyl (C=O) groups is 3. The van der Waals surface area contributed by atoms with Gasteiger partial charge >= 0.3 is 26.1 Å². The third-order valence-electron chi connectivity index (χ3n) is 9.37. The van der Waals surface area contributed by atoms with E-state index in [-0.39, 0.29) is 39.6 Å². The van der Waals surface area contributed by atoms with Crippen LogP contribution >= 0.6 is 7.82 Å². The molecule has 0 saturated heterocycles. The first kappa shape index (κ1) is 48.9. The summed E-state index contributed by atoms with van der Waals surface area (Å²) in [6.45, 7) is 6.08. The summed E-state index contributed by atoms with van der Waals surface area (Å²) in [6.07, 6.45) is 9.36. The van der Waals surface area contributed by atoms with Crippen LogP contribution in [0.25, 0.3) is 0 Å². The van der Waals surface area contributed by atoms with Crippen molar-refractivity contribution in [1.29, 1.82) is 0 Å². The zero-order valence-electron chi connectivity index (χ0n) is 35.1. The van der Waals surface area contributed by atoms with E-state index in [0.717, 1.165) is 77.0 Å². The minimum Gasteiger partial charge on any atom is -0.450 e. The largest absolute Gasteiger partial charge is 0.475 e. The Kier molecular flexibility index (Phi) is 24.7. The quantitative estimate of drug-likeness (QED) is 0.0335. The molecular formula is C45H66N3O10P. The van der Waals surface area contributed by atoms with Crippen LogP contribution in [0, 0.1) is 0 Å². The Morgan fingerprint density at radius 1 is 0.441 bits per heavy atom. The summed E-state index contributed by atoms with van der Waals surface area (Å²) < 4.78 is 49.3. The summed E-state index contributed by atoms with van der Waals surface area (Å²) in [7, 11) is -4.55. The molecule has 0 heterocycles. The van der Waals surface area contributed by atoms with Gasteiger partial charge in [-0.25, -0.2) is 18.9 Å². The summed E-state index contributed by atoms with van der Waals surface area (Å²) in [4.78, 5) is 38.9. The first-order valence-corrected chi connectivity index (χ1v) is 22.7. The number of rotatable bonds is 30. The lowest BCUT2D eigenvalue weighted by Crippen LogP contribution is -2.34. The number of phosphoric acid groups is 1. The van der Waals surface area contributed by atoms with E-state index in [1.54, 1.807) is 36.4 Å². The van der Waals surface area contributed by atoms with E-state index >= 15 is 0 Å². The third-order valence-corrected chi connectivity index (χ3v) is 10.8. The molecule has 0 fully saturated rings. The fourth-order valence-electron chi connectivity index (χ4n) is 5.96. The van der Waals surface area contributed by atoms with Crippen molar-refractivity contribution >= 4 is 26.1 Å². The highest BCUT2D eigenvalue weighted by molar-refractivity contribution is 7.48. The zero-order valence-corrected chi connectivity index (χ0v) is 36.0. The van der Waals surface area contributed by atoms with Gasteiger partial charge in [-0.05, 0) is 36.0 Å². The molecule has 326 valence electrons. The fourth-order valence-corrected chi connectivity index (χ4v) is 7.18. The zero-order chi connectivity index (χ0) is 42.4. The van der Waals surface area contributed by atoms with E-state index in [9.17, 15) is 18.9 Å². The van der Waals surface area contributed by atoms with Crippen molar-refractivity contribution in [1.82, 2.24) is 16.0 Å². The molecular weight excluding hydrogens is 773 g/mol. The number of hydrogen-bond donors (Lipinski definition) is 3. The summed E-state index contributed by atoms with van der Waals surface area (Å²) >= 11 is 0. The fraction of sp³-hybridized carbons (Fsp3) is 0.533. The number of alkyl carbamates (subject to hydrolysis) is 3. The molecule has 59 heavy (non-hydrogen) atoms. The van der Waals surface area contributed by atoms with Gasteiger partial charge in [0, 0.05) is 0 Å². The SMILES string of the molecule is CCCCCCOC(=O)N[C@@H](COP(=O)(OC[C@H](NC(=O)OCCCCCC)c1ccccc1)OC[C@H](NC(=O)OCCCCCC)c1ccccc1)c1ccccc1. The van der Waals surface area contributed by atoms with E-state index in [4.69, 9.17) is 27.8 Å². The van der Waals surface area contributed by atoms with Gasteiger partial charge in [0.25, 0.3) is 0 Å². The second-order valence-electron chi connectivity index (χ2n) is 14.2. The molecule has 3 aromatic rings. The number of amides is 3. The van der Waals surface area contributed by atoms with Crippen LogP contribution in [-0.4, -0.2) is 57.9 Å². The molecule has 0 spiro atoms. The minimum atomic E-state index is -4.55. The normalized spacial score (nSPS) is 12.8. The molecule has 3 N–H and O–H groups in total. The Morgan fingerprint density at radius 3 is 0.966 bits per heavy atom. The molecule has 0 unspecified atom stereocenters. The van der Waals surface area contributed by atoms with Crippen LogP contribution in [0.15, 0.2) is 91.0 Å². The van der Waals surface area contributed by atoms with Gasteiger partial charge in [0.15, 0.2) is 0 Å². The van der Waals surface area contributed by atoms with Gasteiger partial charge in [-0.2, -0.15) is 0 Å². The highest BCUT2D eigenvalue weighted by atomic mass is 31.2. The Labute approximate surface area is 351 Å². The van der Waals surface area contributed by atoms with Crippen molar-refractivity contribution in [2.45, 2.75) is 116 Å². The van der Waals surface area contributed by atoms with Crippen molar-refractivity contribution in [2.24, 2.45) is 0 Å². The van der Waals surface area contributed by atoms with E-state index in [1.807, 2.05) is 54.6 Å². The van der Waals surface area contributed by atoms with Gasteiger partial charge in [-0.3, -0.25) is 13.6 Å². The lowest BCUT2D eigenvalue weighted by Gasteiger charge is -2.27. The number of hydrogen-bond acceptors (Lipinski definition) is 10. The predicted octanol–water partition coefficient (Wildman–Crippen LogP) is 11.3. The van der Waals surface area contributed by atoms with E-state index in [0.29, 0.717) is 16.7 Å². The van der Waals surface area contributed by atoms with Crippen LogP contribution in [0.4, 0.5) is 14.4 Å². The molecule has 14 heteroatoms. The van der Waals surface area contributed by atoms with Gasteiger partial charge in [-0.15, -0.1) is 0 Å². The number of nitrogens with one attached hydrogen (secondary N) is 3. The lowest BCUT2D eigenvalue weighted by molar-refractivity contribution is 0.0821. The van der Waals surface area contributed by atoms with E-state index in [2.05, 4.69) is 36.7 Å². The number of carbonyl (C=O) groups excluding carboxylic acids is 3.